The number of rotatable bonds is 0. The lowest BCUT2D eigenvalue weighted by Gasteiger charge is -2.21. The third-order valence-corrected chi connectivity index (χ3v) is 2.79. The molecule has 2 heteroatoms. The molecule has 2 N–H and O–H groups in total. The quantitative estimate of drug-likeness (QED) is 0.547. The van der Waals surface area contributed by atoms with E-state index in [4.69, 9.17) is 10.5 Å². The molecule has 1 aliphatic heterocycles. The highest BCUT2D eigenvalue weighted by molar-refractivity contribution is 4.95. The van der Waals surface area contributed by atoms with Gasteiger partial charge in [-0.15, -0.1) is 0 Å². The molecule has 2 nitrogen and oxygen atoms in total. The Labute approximate surface area is 61.7 Å². The lowest BCUT2D eigenvalue weighted by molar-refractivity contribution is 0.00950. The number of nitrogens with two attached hydrogens (primary N) is 1. The van der Waals surface area contributed by atoms with E-state index in [0.29, 0.717) is 6.04 Å². The van der Waals surface area contributed by atoms with Crippen molar-refractivity contribution in [1.29, 1.82) is 0 Å². The Morgan fingerprint density at radius 2 is 2.30 bits per heavy atom. The Morgan fingerprint density at radius 1 is 1.40 bits per heavy atom. The van der Waals surface area contributed by atoms with Crippen molar-refractivity contribution in [2.24, 2.45) is 5.73 Å². The highest BCUT2D eigenvalue weighted by atomic mass is 16.5. The molecule has 2 unspecified atom stereocenters. The fourth-order valence-electron chi connectivity index (χ4n) is 2.24. The number of hydrogen-bond acceptors (Lipinski definition) is 2. The maximum Gasteiger partial charge on any atom is 0.0698 e. The molecule has 1 saturated carbocycles. The van der Waals surface area contributed by atoms with Gasteiger partial charge in [0.05, 0.1) is 5.60 Å². The molecule has 0 aromatic heterocycles. The van der Waals surface area contributed by atoms with Crippen molar-refractivity contribution in [1.82, 2.24) is 0 Å². The summed E-state index contributed by atoms with van der Waals surface area (Å²) in [6.07, 6.45) is 5.97. The van der Waals surface area contributed by atoms with Gasteiger partial charge in [0.25, 0.3) is 0 Å². The summed E-state index contributed by atoms with van der Waals surface area (Å²) in [5.74, 6) is 0. The van der Waals surface area contributed by atoms with Crippen molar-refractivity contribution in [3.05, 3.63) is 0 Å². The zero-order valence-electron chi connectivity index (χ0n) is 6.31. The minimum absolute atomic E-state index is 0.236. The van der Waals surface area contributed by atoms with E-state index in [-0.39, 0.29) is 5.60 Å². The van der Waals surface area contributed by atoms with Crippen LogP contribution in [0.25, 0.3) is 0 Å². The molecule has 1 heterocycles. The molecule has 10 heavy (non-hydrogen) atoms. The van der Waals surface area contributed by atoms with E-state index in [0.717, 1.165) is 13.0 Å². The molecule has 58 valence electrons. The zero-order valence-corrected chi connectivity index (χ0v) is 6.31. The molecule has 0 amide bonds. The summed E-state index contributed by atoms with van der Waals surface area (Å²) in [5.41, 5.74) is 6.04. The smallest absolute Gasteiger partial charge is 0.0698 e. The summed E-state index contributed by atoms with van der Waals surface area (Å²) >= 11 is 0. The van der Waals surface area contributed by atoms with Gasteiger partial charge in [-0.05, 0) is 32.1 Å². The number of ether oxygens (including phenoxy) is 1. The van der Waals surface area contributed by atoms with Crippen molar-refractivity contribution >= 4 is 0 Å². The van der Waals surface area contributed by atoms with Crippen LogP contribution in [-0.2, 0) is 4.74 Å². The Hall–Kier alpha value is -0.0800. The molecule has 1 aliphatic carbocycles. The first-order valence-corrected chi connectivity index (χ1v) is 4.20. The standard InChI is InChI=1S/C8H15NO/c9-7-2-4-8(6-7)3-1-5-10-8/h7H,1-6,9H2. The molecule has 0 aromatic carbocycles. The minimum atomic E-state index is 0.236. The minimum Gasteiger partial charge on any atom is -0.375 e. The summed E-state index contributed by atoms with van der Waals surface area (Å²) in [4.78, 5) is 0. The van der Waals surface area contributed by atoms with Crippen molar-refractivity contribution in [2.45, 2.75) is 43.7 Å². The molecule has 0 radical (unpaired) electrons. The van der Waals surface area contributed by atoms with Gasteiger partial charge in [0.15, 0.2) is 0 Å². The lowest BCUT2D eigenvalue weighted by Crippen LogP contribution is -2.26. The highest BCUT2D eigenvalue weighted by Gasteiger charge is 2.40. The second kappa shape index (κ2) is 2.21. The SMILES string of the molecule is NC1CCC2(CCCO2)C1. The number of hydrogen-bond donors (Lipinski definition) is 1. The molecule has 0 aromatic rings. The first-order valence-electron chi connectivity index (χ1n) is 4.20. The fourth-order valence-corrected chi connectivity index (χ4v) is 2.24. The largest absolute Gasteiger partial charge is 0.375 e. The molecular weight excluding hydrogens is 126 g/mol. The highest BCUT2D eigenvalue weighted by Crippen LogP contribution is 2.40. The molecule has 0 bridgehead atoms. The normalized spacial score (nSPS) is 47.1. The van der Waals surface area contributed by atoms with Crippen LogP contribution in [-0.4, -0.2) is 18.2 Å². The van der Waals surface area contributed by atoms with E-state index in [1.807, 2.05) is 0 Å². The maximum absolute atomic E-state index is 5.81. The Kier molecular flexibility index (Phi) is 1.46. The van der Waals surface area contributed by atoms with E-state index in [9.17, 15) is 0 Å². The van der Waals surface area contributed by atoms with Crippen LogP contribution in [0.1, 0.15) is 32.1 Å². The van der Waals surface area contributed by atoms with E-state index < -0.39 is 0 Å². The second-order valence-corrected chi connectivity index (χ2v) is 3.64. The van der Waals surface area contributed by atoms with Crippen molar-refractivity contribution in [2.75, 3.05) is 6.61 Å². The molecule has 2 fully saturated rings. The third kappa shape index (κ3) is 0.956. The first-order chi connectivity index (χ1) is 4.81. The van der Waals surface area contributed by atoms with Gasteiger partial charge < -0.3 is 10.5 Å². The van der Waals surface area contributed by atoms with Crippen LogP contribution < -0.4 is 5.73 Å². The molecule has 2 rings (SSSR count). The van der Waals surface area contributed by atoms with Gasteiger partial charge in [0.2, 0.25) is 0 Å². The van der Waals surface area contributed by atoms with Gasteiger partial charge in [-0.3, -0.25) is 0 Å². The van der Waals surface area contributed by atoms with Crippen molar-refractivity contribution in [3.8, 4) is 0 Å². The van der Waals surface area contributed by atoms with Crippen LogP contribution in [0, 0.1) is 0 Å². The summed E-state index contributed by atoms with van der Waals surface area (Å²) in [6, 6.07) is 0.415. The Balaban J connectivity index is 2.03. The summed E-state index contributed by atoms with van der Waals surface area (Å²) in [6.45, 7) is 0.965. The zero-order chi connectivity index (χ0) is 7.03. The monoisotopic (exact) mass is 141 g/mol. The van der Waals surface area contributed by atoms with Gasteiger partial charge >= 0.3 is 0 Å². The van der Waals surface area contributed by atoms with E-state index >= 15 is 0 Å². The Bertz CT molecular complexity index is 129. The first kappa shape index (κ1) is 6.62. The molecule has 1 saturated heterocycles. The fraction of sp³-hybridized carbons (Fsp3) is 1.00. The third-order valence-electron chi connectivity index (χ3n) is 2.79. The van der Waals surface area contributed by atoms with Crippen LogP contribution in [0.5, 0.6) is 0 Å². The van der Waals surface area contributed by atoms with Gasteiger partial charge in [-0.25, -0.2) is 0 Å². The average Bonchev–Trinajstić information content (AvgIpc) is 2.46. The van der Waals surface area contributed by atoms with Crippen LogP contribution in [0.3, 0.4) is 0 Å². The second-order valence-electron chi connectivity index (χ2n) is 3.64. The molecular formula is C8H15NO. The summed E-state index contributed by atoms with van der Waals surface area (Å²) in [5, 5.41) is 0. The molecule has 2 aliphatic rings. The van der Waals surface area contributed by atoms with Crippen LogP contribution in [0.4, 0.5) is 0 Å². The van der Waals surface area contributed by atoms with E-state index in [1.54, 1.807) is 0 Å². The van der Waals surface area contributed by atoms with Crippen LogP contribution in [0.15, 0.2) is 0 Å². The van der Waals surface area contributed by atoms with Crippen molar-refractivity contribution in [3.63, 3.8) is 0 Å². The van der Waals surface area contributed by atoms with Gasteiger partial charge in [0, 0.05) is 12.6 Å². The van der Waals surface area contributed by atoms with Gasteiger partial charge in [-0.1, -0.05) is 0 Å². The van der Waals surface area contributed by atoms with Crippen LogP contribution >= 0.6 is 0 Å². The van der Waals surface area contributed by atoms with E-state index in [2.05, 4.69) is 0 Å². The van der Waals surface area contributed by atoms with E-state index in [1.165, 1.54) is 25.7 Å². The predicted molar refractivity (Wildman–Crippen MR) is 39.7 cm³/mol. The molecule has 1 spiro atoms. The Morgan fingerprint density at radius 3 is 2.80 bits per heavy atom. The maximum atomic E-state index is 5.81. The lowest BCUT2D eigenvalue weighted by atomic mass is 9.98. The summed E-state index contributed by atoms with van der Waals surface area (Å²) in [7, 11) is 0. The summed E-state index contributed by atoms with van der Waals surface area (Å²) < 4.78 is 5.69. The van der Waals surface area contributed by atoms with Gasteiger partial charge in [-0.2, -0.15) is 0 Å². The average molecular weight is 141 g/mol. The van der Waals surface area contributed by atoms with Gasteiger partial charge in [0.1, 0.15) is 0 Å². The van der Waals surface area contributed by atoms with Crippen LogP contribution in [0.2, 0.25) is 0 Å². The molecule has 2 atom stereocenters. The topological polar surface area (TPSA) is 35.2 Å². The van der Waals surface area contributed by atoms with Crippen molar-refractivity contribution < 1.29 is 4.74 Å². The predicted octanol–water partition coefficient (Wildman–Crippen LogP) is 1.05.